The van der Waals surface area contributed by atoms with Gasteiger partial charge >= 0.3 is 0 Å². The molecule has 0 heterocycles. The number of hydrogen-bond donors (Lipinski definition) is 0. The van der Waals surface area contributed by atoms with Crippen LogP contribution in [0.2, 0.25) is 0 Å². The largest absolute Gasteiger partial charge is 0.251 e. The maximum Gasteiger partial charge on any atom is 0.0848 e. The van der Waals surface area contributed by atoms with Crippen molar-refractivity contribution in [3.8, 4) is 0 Å². The van der Waals surface area contributed by atoms with Gasteiger partial charge in [0.05, 0.1) is 22.8 Å². The predicted molar refractivity (Wildman–Crippen MR) is 208 cm³/mol. The molecule has 0 aliphatic rings. The third-order valence-electron chi connectivity index (χ3n) is 8.99. The zero-order chi connectivity index (χ0) is 33.2. The van der Waals surface area contributed by atoms with Crippen molar-refractivity contribution in [2.24, 2.45) is 9.98 Å². The Morgan fingerprint density at radius 1 is 0.468 bits per heavy atom. The Hall–Kier alpha value is -1.82. The molecule has 0 N–H and O–H groups in total. The second-order valence-corrected chi connectivity index (χ2v) is 13.5. The van der Waals surface area contributed by atoms with E-state index in [-0.39, 0.29) is 20.4 Å². The fraction of sp³-hybridized carbons (Fsp3) is 0.636. The van der Waals surface area contributed by atoms with Crippen molar-refractivity contribution in [2.45, 2.75) is 183 Å². The summed E-state index contributed by atoms with van der Waals surface area (Å²) < 4.78 is 0. The number of allylic oxidation sites excluding steroid dienone is 2. The van der Waals surface area contributed by atoms with Crippen LogP contribution >= 0.6 is 0 Å². The minimum absolute atomic E-state index is 0. The first kappa shape index (κ1) is 43.2. The minimum Gasteiger partial charge on any atom is -0.251 e. The zero-order valence-electron chi connectivity index (χ0n) is 31.4. The van der Waals surface area contributed by atoms with Crippen LogP contribution in [0, 0.1) is 0 Å². The predicted octanol–water partition coefficient (Wildman–Crippen LogP) is 14.4. The van der Waals surface area contributed by atoms with Gasteiger partial charge in [-0.25, -0.2) is 4.99 Å². The first-order chi connectivity index (χ1) is 22.6. The summed E-state index contributed by atoms with van der Waals surface area (Å²) in [5, 5.41) is 0. The molecule has 0 saturated heterocycles. The van der Waals surface area contributed by atoms with Gasteiger partial charge in [-0.1, -0.05) is 130 Å². The Morgan fingerprint density at radius 3 is 1.26 bits per heavy atom. The van der Waals surface area contributed by atoms with E-state index < -0.39 is 0 Å². The molecule has 47 heavy (non-hydrogen) atoms. The Labute approximate surface area is 305 Å². The van der Waals surface area contributed by atoms with Crippen LogP contribution in [0.3, 0.4) is 0 Å². The van der Waals surface area contributed by atoms with Crippen LogP contribution in [0.5, 0.6) is 0 Å². The summed E-state index contributed by atoms with van der Waals surface area (Å²) in [7, 11) is 0. The summed E-state index contributed by atoms with van der Waals surface area (Å²) in [5.74, 6) is 0. The molecule has 0 aromatic heterocycles. The van der Waals surface area contributed by atoms with Crippen molar-refractivity contribution in [3.63, 3.8) is 0 Å². The molecule has 0 bridgehead atoms. The molecule has 0 amide bonds. The maximum absolute atomic E-state index is 5.38. The van der Waals surface area contributed by atoms with E-state index in [0.717, 1.165) is 61.3 Å². The van der Waals surface area contributed by atoms with Crippen LogP contribution in [-0.2, 0) is 46.1 Å². The van der Waals surface area contributed by atoms with Crippen LogP contribution < -0.4 is 0 Å². The second-order valence-electron chi connectivity index (χ2n) is 13.5. The summed E-state index contributed by atoms with van der Waals surface area (Å²) in [4.78, 5) is 10.7. The Balaban J connectivity index is 0.0000110. The smallest absolute Gasteiger partial charge is 0.0848 e. The molecule has 0 atom stereocenters. The van der Waals surface area contributed by atoms with Crippen molar-refractivity contribution in [2.75, 3.05) is 0 Å². The minimum atomic E-state index is 0. The molecule has 0 radical (unpaired) electrons. The number of unbranched alkanes of at least 4 members (excludes halogenated alkanes) is 12. The molecular formula is C44H70N2Pd. The standard InChI is InChI=1S/C44H70N2.Pd/c1-7-13-18-19-20-21-22-23-24-25-30-44(46-42-35-39(28-16-10-4)32-40(36-42)29-17-11-5)43(12-6)45-41-33-37(26-14-8-2)31-38(34-41)27-15-9-3;/h25,30-36H,7-24,26-29H2,1-6H3;/b30-25+,45-43+,46-44+;. The van der Waals surface area contributed by atoms with E-state index in [4.69, 9.17) is 9.98 Å². The van der Waals surface area contributed by atoms with E-state index in [1.165, 1.54) is 125 Å². The van der Waals surface area contributed by atoms with Crippen LogP contribution in [0.1, 0.15) is 179 Å². The van der Waals surface area contributed by atoms with Gasteiger partial charge in [0, 0.05) is 20.4 Å². The van der Waals surface area contributed by atoms with E-state index in [0.29, 0.717) is 0 Å². The van der Waals surface area contributed by atoms with Gasteiger partial charge in [0.15, 0.2) is 0 Å². The van der Waals surface area contributed by atoms with Gasteiger partial charge < -0.3 is 0 Å². The molecule has 266 valence electrons. The van der Waals surface area contributed by atoms with Crippen LogP contribution in [0.15, 0.2) is 58.5 Å². The van der Waals surface area contributed by atoms with Gasteiger partial charge in [-0.05, 0) is 123 Å². The van der Waals surface area contributed by atoms with Gasteiger partial charge in [-0.2, -0.15) is 0 Å². The van der Waals surface area contributed by atoms with Crippen molar-refractivity contribution in [1.82, 2.24) is 0 Å². The number of benzene rings is 2. The first-order valence-corrected chi connectivity index (χ1v) is 19.6. The van der Waals surface area contributed by atoms with Crippen LogP contribution in [0.4, 0.5) is 11.4 Å². The van der Waals surface area contributed by atoms with Gasteiger partial charge in [-0.15, -0.1) is 0 Å². The summed E-state index contributed by atoms with van der Waals surface area (Å²) >= 11 is 0. The van der Waals surface area contributed by atoms with E-state index >= 15 is 0 Å². The van der Waals surface area contributed by atoms with Gasteiger partial charge in [0.25, 0.3) is 0 Å². The molecule has 0 aliphatic carbocycles. The fourth-order valence-electron chi connectivity index (χ4n) is 6.12. The molecule has 0 saturated carbocycles. The second kappa shape index (κ2) is 28.1. The average molecular weight is 733 g/mol. The molecule has 2 nitrogen and oxygen atoms in total. The van der Waals surface area contributed by atoms with E-state index in [2.05, 4.69) is 90.1 Å². The maximum atomic E-state index is 5.38. The average Bonchev–Trinajstić information content (AvgIpc) is 3.07. The molecule has 0 unspecified atom stereocenters. The summed E-state index contributed by atoms with van der Waals surface area (Å²) in [6.45, 7) is 13.7. The summed E-state index contributed by atoms with van der Waals surface area (Å²) in [6.07, 6.45) is 31.7. The quantitative estimate of drug-likeness (QED) is 0.0523. The monoisotopic (exact) mass is 732 g/mol. The van der Waals surface area contributed by atoms with Crippen molar-refractivity contribution >= 4 is 22.8 Å². The number of nitrogens with zero attached hydrogens (tertiary/aromatic N) is 2. The fourth-order valence-corrected chi connectivity index (χ4v) is 6.12. The first-order valence-electron chi connectivity index (χ1n) is 19.6. The van der Waals surface area contributed by atoms with Crippen molar-refractivity contribution in [3.05, 3.63) is 70.8 Å². The van der Waals surface area contributed by atoms with Gasteiger partial charge in [-0.3, -0.25) is 4.99 Å². The number of rotatable bonds is 26. The van der Waals surface area contributed by atoms with E-state index in [9.17, 15) is 0 Å². The Kier molecular flexibility index (Phi) is 25.8. The van der Waals surface area contributed by atoms with Crippen LogP contribution in [-0.4, -0.2) is 11.4 Å². The molecule has 2 aromatic rings. The van der Waals surface area contributed by atoms with Gasteiger partial charge in [0.1, 0.15) is 0 Å². The molecule has 0 aliphatic heterocycles. The Bertz CT molecular complexity index is 1120. The Morgan fingerprint density at radius 2 is 0.851 bits per heavy atom. The molecule has 0 spiro atoms. The van der Waals surface area contributed by atoms with Crippen LogP contribution in [0.25, 0.3) is 0 Å². The van der Waals surface area contributed by atoms with Crippen molar-refractivity contribution in [1.29, 1.82) is 0 Å². The molecular weight excluding hydrogens is 663 g/mol. The van der Waals surface area contributed by atoms with Crippen molar-refractivity contribution < 1.29 is 20.4 Å². The normalized spacial score (nSPS) is 12.2. The molecule has 2 rings (SSSR count). The van der Waals surface area contributed by atoms with Gasteiger partial charge in [0.2, 0.25) is 0 Å². The number of aliphatic imine (C=N–C) groups is 2. The third kappa shape index (κ3) is 19.1. The molecule has 2 aromatic carbocycles. The molecule has 3 heteroatoms. The summed E-state index contributed by atoms with van der Waals surface area (Å²) in [5.41, 5.74) is 10.0. The summed E-state index contributed by atoms with van der Waals surface area (Å²) in [6, 6.07) is 14.2. The molecule has 0 fully saturated rings. The zero-order valence-corrected chi connectivity index (χ0v) is 32.9. The van der Waals surface area contributed by atoms with E-state index in [1.54, 1.807) is 0 Å². The third-order valence-corrected chi connectivity index (χ3v) is 8.99. The SMILES string of the molecule is CCCCCCCCCC/C=C/C(=N\c1cc(CCCC)cc(CCCC)c1)C(/CC)=N/c1cc(CCCC)cc(CCCC)c1.[Pd]. The van der Waals surface area contributed by atoms with E-state index in [1.807, 2.05) is 0 Å². The topological polar surface area (TPSA) is 24.7 Å². The number of hydrogen-bond acceptors (Lipinski definition) is 2. The number of aryl methyl sites for hydroxylation is 4.